The van der Waals surface area contributed by atoms with Crippen LogP contribution in [0.3, 0.4) is 0 Å². The number of benzene rings is 2. The molecule has 2 aromatic carbocycles. The van der Waals surface area contributed by atoms with Crippen LogP contribution >= 0.6 is 0 Å². The summed E-state index contributed by atoms with van der Waals surface area (Å²) in [4.78, 5) is 0.151. The smallest absolute Gasteiger partial charge is 0.240 e. The van der Waals surface area contributed by atoms with Crippen molar-refractivity contribution in [2.45, 2.75) is 25.0 Å². The molecule has 0 unspecified atom stereocenters. The zero-order valence-corrected chi connectivity index (χ0v) is 12.5. The average Bonchev–Trinajstić information content (AvgIpc) is 2.44. The standard InChI is InChI=1S/C15H18N2O3S/c1-11-5-14(16)8-15(6-11)21(19,20)17-9-12-3-2-4-13(7-12)10-18/h2-8,17-18H,9-10,16H2,1H3. The maximum atomic E-state index is 12.2. The normalized spacial score (nSPS) is 11.5. The molecule has 0 aliphatic heterocycles. The molecule has 5 nitrogen and oxygen atoms in total. The van der Waals surface area contributed by atoms with Gasteiger partial charge in [0.05, 0.1) is 11.5 Å². The second-order valence-corrected chi connectivity index (χ2v) is 6.65. The number of rotatable bonds is 5. The Morgan fingerprint density at radius 1 is 1.14 bits per heavy atom. The Labute approximate surface area is 124 Å². The van der Waals surface area contributed by atoms with Crippen molar-refractivity contribution in [2.75, 3.05) is 5.73 Å². The van der Waals surface area contributed by atoms with Gasteiger partial charge in [0.25, 0.3) is 0 Å². The number of nitrogen functional groups attached to an aromatic ring is 1. The van der Waals surface area contributed by atoms with E-state index in [1.54, 1.807) is 43.3 Å². The van der Waals surface area contributed by atoms with Crippen molar-refractivity contribution in [3.63, 3.8) is 0 Å². The van der Waals surface area contributed by atoms with Gasteiger partial charge in [-0.3, -0.25) is 0 Å². The molecule has 0 amide bonds. The summed E-state index contributed by atoms with van der Waals surface area (Å²) in [5.41, 5.74) is 8.41. The first kappa shape index (κ1) is 15.5. The number of nitrogens with one attached hydrogen (secondary N) is 1. The van der Waals surface area contributed by atoms with E-state index < -0.39 is 10.0 Å². The van der Waals surface area contributed by atoms with Crippen LogP contribution in [0, 0.1) is 6.92 Å². The van der Waals surface area contributed by atoms with Crippen molar-refractivity contribution in [1.82, 2.24) is 4.72 Å². The predicted molar refractivity (Wildman–Crippen MR) is 82.0 cm³/mol. The summed E-state index contributed by atoms with van der Waals surface area (Å²) in [7, 11) is -3.62. The molecule has 0 fully saturated rings. The largest absolute Gasteiger partial charge is 0.399 e. The number of hydrogen-bond donors (Lipinski definition) is 3. The molecule has 112 valence electrons. The summed E-state index contributed by atoms with van der Waals surface area (Å²) in [6, 6.07) is 11.8. The molecule has 0 spiro atoms. The van der Waals surface area contributed by atoms with Crippen molar-refractivity contribution in [1.29, 1.82) is 0 Å². The summed E-state index contributed by atoms with van der Waals surface area (Å²) in [6.45, 7) is 1.87. The van der Waals surface area contributed by atoms with E-state index in [9.17, 15) is 8.42 Å². The van der Waals surface area contributed by atoms with Gasteiger partial charge in [0.1, 0.15) is 0 Å². The predicted octanol–water partition coefficient (Wildman–Crippen LogP) is 1.55. The second kappa shape index (κ2) is 6.26. The molecule has 0 aliphatic rings. The molecule has 6 heteroatoms. The maximum Gasteiger partial charge on any atom is 0.240 e. The van der Waals surface area contributed by atoms with Gasteiger partial charge in [0.15, 0.2) is 0 Å². The Hall–Kier alpha value is -1.89. The third-order valence-electron chi connectivity index (χ3n) is 3.02. The van der Waals surface area contributed by atoms with Gasteiger partial charge in [0, 0.05) is 12.2 Å². The zero-order valence-electron chi connectivity index (χ0n) is 11.7. The number of aliphatic hydroxyl groups is 1. The van der Waals surface area contributed by atoms with Crippen LogP contribution in [0.25, 0.3) is 0 Å². The molecule has 0 aliphatic carbocycles. The maximum absolute atomic E-state index is 12.2. The SMILES string of the molecule is Cc1cc(N)cc(S(=O)(=O)NCc2cccc(CO)c2)c1. The van der Waals surface area contributed by atoms with Gasteiger partial charge in [-0.05, 0) is 41.8 Å². The molecule has 21 heavy (non-hydrogen) atoms. The van der Waals surface area contributed by atoms with Crippen molar-refractivity contribution < 1.29 is 13.5 Å². The molecule has 0 aromatic heterocycles. The van der Waals surface area contributed by atoms with Crippen molar-refractivity contribution in [2.24, 2.45) is 0 Å². The number of anilines is 1. The number of aliphatic hydroxyl groups excluding tert-OH is 1. The molecular weight excluding hydrogens is 288 g/mol. The lowest BCUT2D eigenvalue weighted by Crippen LogP contribution is -2.23. The number of nitrogens with two attached hydrogens (primary N) is 1. The number of aryl methyl sites for hydroxylation is 1. The average molecular weight is 306 g/mol. The van der Waals surface area contributed by atoms with Crippen LogP contribution in [0.15, 0.2) is 47.4 Å². The van der Waals surface area contributed by atoms with Crippen LogP contribution in [-0.4, -0.2) is 13.5 Å². The lowest BCUT2D eigenvalue weighted by atomic mass is 10.1. The first-order valence-electron chi connectivity index (χ1n) is 6.46. The van der Waals surface area contributed by atoms with Gasteiger partial charge >= 0.3 is 0 Å². The van der Waals surface area contributed by atoms with E-state index in [-0.39, 0.29) is 18.0 Å². The van der Waals surface area contributed by atoms with Gasteiger partial charge in [-0.15, -0.1) is 0 Å². The van der Waals surface area contributed by atoms with E-state index in [1.165, 1.54) is 6.07 Å². The van der Waals surface area contributed by atoms with Gasteiger partial charge in [0.2, 0.25) is 10.0 Å². The Morgan fingerprint density at radius 2 is 1.86 bits per heavy atom. The third kappa shape index (κ3) is 4.04. The minimum absolute atomic E-state index is 0.0744. The summed E-state index contributed by atoms with van der Waals surface area (Å²) in [5, 5.41) is 9.08. The molecule has 0 heterocycles. The van der Waals surface area contributed by atoms with Crippen LogP contribution in [0.1, 0.15) is 16.7 Å². The van der Waals surface area contributed by atoms with Crippen LogP contribution in [0.2, 0.25) is 0 Å². The Morgan fingerprint density at radius 3 is 2.52 bits per heavy atom. The van der Waals surface area contributed by atoms with Gasteiger partial charge < -0.3 is 10.8 Å². The minimum Gasteiger partial charge on any atom is -0.399 e. The zero-order chi connectivity index (χ0) is 15.5. The van der Waals surface area contributed by atoms with Crippen molar-refractivity contribution >= 4 is 15.7 Å². The Balaban J connectivity index is 2.17. The van der Waals surface area contributed by atoms with Crippen molar-refractivity contribution in [3.8, 4) is 0 Å². The fourth-order valence-corrected chi connectivity index (χ4v) is 3.19. The summed E-state index contributed by atoms with van der Waals surface area (Å²) >= 11 is 0. The molecule has 2 aromatic rings. The fraction of sp³-hybridized carbons (Fsp3) is 0.200. The van der Waals surface area contributed by atoms with E-state index in [2.05, 4.69) is 4.72 Å². The molecule has 0 bridgehead atoms. The molecule has 0 atom stereocenters. The first-order valence-corrected chi connectivity index (χ1v) is 7.94. The van der Waals surface area contributed by atoms with Gasteiger partial charge in [-0.2, -0.15) is 0 Å². The highest BCUT2D eigenvalue weighted by Crippen LogP contribution is 2.16. The fourth-order valence-electron chi connectivity index (χ4n) is 2.03. The van der Waals surface area contributed by atoms with E-state index in [4.69, 9.17) is 10.8 Å². The minimum atomic E-state index is -3.62. The highest BCUT2D eigenvalue weighted by molar-refractivity contribution is 7.89. The summed E-state index contributed by atoms with van der Waals surface area (Å²) in [6.07, 6.45) is 0. The van der Waals surface area contributed by atoms with Crippen molar-refractivity contribution in [3.05, 3.63) is 59.2 Å². The summed E-state index contributed by atoms with van der Waals surface area (Å²) < 4.78 is 27.0. The molecular formula is C15H18N2O3S. The first-order chi connectivity index (χ1) is 9.90. The molecule has 4 N–H and O–H groups in total. The molecule has 0 radical (unpaired) electrons. The second-order valence-electron chi connectivity index (χ2n) is 4.88. The highest BCUT2D eigenvalue weighted by atomic mass is 32.2. The van der Waals surface area contributed by atoms with Crippen LogP contribution in [-0.2, 0) is 23.2 Å². The highest BCUT2D eigenvalue weighted by Gasteiger charge is 2.14. The Bertz CT molecular complexity index is 722. The lowest BCUT2D eigenvalue weighted by Gasteiger charge is -2.09. The van der Waals surface area contributed by atoms with E-state index in [0.717, 1.165) is 16.7 Å². The van der Waals surface area contributed by atoms with Crippen LogP contribution in [0.4, 0.5) is 5.69 Å². The van der Waals surface area contributed by atoms with Crippen LogP contribution < -0.4 is 10.5 Å². The lowest BCUT2D eigenvalue weighted by molar-refractivity contribution is 0.281. The van der Waals surface area contributed by atoms with E-state index >= 15 is 0 Å². The van der Waals surface area contributed by atoms with Gasteiger partial charge in [-0.25, -0.2) is 13.1 Å². The molecule has 0 saturated heterocycles. The Kier molecular flexibility index (Phi) is 4.62. The molecule has 0 saturated carbocycles. The van der Waals surface area contributed by atoms with E-state index in [0.29, 0.717) is 5.69 Å². The van der Waals surface area contributed by atoms with Gasteiger partial charge in [-0.1, -0.05) is 24.3 Å². The van der Waals surface area contributed by atoms with Crippen LogP contribution in [0.5, 0.6) is 0 Å². The number of hydrogen-bond acceptors (Lipinski definition) is 4. The summed E-state index contributed by atoms with van der Waals surface area (Å²) in [5.74, 6) is 0. The quantitative estimate of drug-likeness (QED) is 0.731. The number of sulfonamides is 1. The van der Waals surface area contributed by atoms with E-state index in [1.807, 2.05) is 0 Å². The third-order valence-corrected chi connectivity index (χ3v) is 4.40. The topological polar surface area (TPSA) is 92.4 Å². The monoisotopic (exact) mass is 306 g/mol. The molecule has 2 rings (SSSR count).